The first-order valence-corrected chi connectivity index (χ1v) is 10.5. The zero-order chi connectivity index (χ0) is 19.3. The van der Waals surface area contributed by atoms with Crippen LogP contribution in [-0.4, -0.2) is 65.6 Å². The van der Waals surface area contributed by atoms with Crippen LogP contribution in [0.4, 0.5) is 5.95 Å². The second-order valence-corrected chi connectivity index (χ2v) is 7.56. The predicted octanol–water partition coefficient (Wildman–Crippen LogP) is 2.58. The van der Waals surface area contributed by atoms with Crippen molar-refractivity contribution in [2.24, 2.45) is 0 Å². The number of hydrogen-bond acceptors (Lipinski definition) is 6. The lowest BCUT2D eigenvalue weighted by Gasteiger charge is -2.35. The van der Waals surface area contributed by atoms with Crippen LogP contribution in [0.5, 0.6) is 5.75 Å². The number of anilines is 1. The Balaban J connectivity index is 1.41. The molecule has 0 N–H and O–H groups in total. The highest BCUT2D eigenvalue weighted by molar-refractivity contribution is 5.36. The van der Waals surface area contributed by atoms with Crippen LogP contribution in [0, 0.1) is 0 Å². The summed E-state index contributed by atoms with van der Waals surface area (Å²) in [6.45, 7) is 13.1. The molecule has 6 heteroatoms. The van der Waals surface area contributed by atoms with E-state index in [1.165, 1.54) is 16.8 Å². The third kappa shape index (κ3) is 4.28. The molecule has 2 aromatic rings. The molecule has 0 unspecified atom stereocenters. The standard InChI is InChI=1S/C22H31N5O/c1-3-25-11-13-27(14-12-25)22-23-15-19-17-26(10-9-20(19)24-22)16-18-7-5-6-8-21(18)28-4-2/h5-8,15H,3-4,9-14,16-17H2,1-2H3. The summed E-state index contributed by atoms with van der Waals surface area (Å²) in [5, 5.41) is 0. The van der Waals surface area contributed by atoms with E-state index >= 15 is 0 Å². The normalized spacial score (nSPS) is 18.1. The van der Waals surface area contributed by atoms with E-state index in [0.717, 1.165) is 70.5 Å². The van der Waals surface area contributed by atoms with Crippen molar-refractivity contribution in [3.63, 3.8) is 0 Å². The number of ether oxygens (including phenoxy) is 1. The van der Waals surface area contributed by atoms with Crippen LogP contribution < -0.4 is 9.64 Å². The van der Waals surface area contributed by atoms with Gasteiger partial charge in [0.15, 0.2) is 0 Å². The zero-order valence-electron chi connectivity index (χ0n) is 17.1. The Labute approximate surface area is 168 Å². The van der Waals surface area contributed by atoms with Gasteiger partial charge in [0.25, 0.3) is 0 Å². The minimum Gasteiger partial charge on any atom is -0.494 e. The molecule has 2 aliphatic heterocycles. The van der Waals surface area contributed by atoms with E-state index in [2.05, 4.69) is 39.8 Å². The number of nitrogens with zero attached hydrogens (tertiary/aromatic N) is 5. The van der Waals surface area contributed by atoms with E-state index in [4.69, 9.17) is 14.7 Å². The molecule has 1 fully saturated rings. The Morgan fingerprint density at radius 3 is 2.61 bits per heavy atom. The molecule has 0 amide bonds. The molecular weight excluding hydrogens is 350 g/mol. The second-order valence-electron chi connectivity index (χ2n) is 7.56. The number of rotatable bonds is 6. The zero-order valence-corrected chi connectivity index (χ0v) is 17.1. The van der Waals surface area contributed by atoms with Gasteiger partial charge >= 0.3 is 0 Å². The van der Waals surface area contributed by atoms with Gasteiger partial charge in [0.1, 0.15) is 5.75 Å². The number of aromatic nitrogens is 2. The van der Waals surface area contributed by atoms with Crippen LogP contribution in [-0.2, 0) is 19.5 Å². The Kier molecular flexibility index (Phi) is 6.07. The lowest BCUT2D eigenvalue weighted by Crippen LogP contribution is -2.47. The summed E-state index contributed by atoms with van der Waals surface area (Å²) in [4.78, 5) is 16.9. The highest BCUT2D eigenvalue weighted by atomic mass is 16.5. The van der Waals surface area contributed by atoms with Crippen molar-refractivity contribution in [3.8, 4) is 5.75 Å². The third-order valence-corrected chi connectivity index (χ3v) is 5.77. The van der Waals surface area contributed by atoms with Crippen molar-refractivity contribution in [2.45, 2.75) is 33.4 Å². The highest BCUT2D eigenvalue weighted by Gasteiger charge is 2.22. The maximum absolute atomic E-state index is 5.79. The molecule has 1 aromatic heterocycles. The molecule has 3 heterocycles. The minimum atomic E-state index is 0.697. The minimum absolute atomic E-state index is 0.697. The summed E-state index contributed by atoms with van der Waals surface area (Å²) in [6, 6.07) is 8.35. The van der Waals surface area contributed by atoms with E-state index in [-0.39, 0.29) is 0 Å². The van der Waals surface area contributed by atoms with Crippen molar-refractivity contribution in [3.05, 3.63) is 47.3 Å². The predicted molar refractivity (Wildman–Crippen MR) is 112 cm³/mol. The van der Waals surface area contributed by atoms with Crippen LogP contribution in [0.1, 0.15) is 30.7 Å². The molecule has 0 saturated carbocycles. The van der Waals surface area contributed by atoms with Gasteiger partial charge in [-0.1, -0.05) is 25.1 Å². The van der Waals surface area contributed by atoms with Gasteiger partial charge in [0, 0.05) is 69.6 Å². The molecule has 0 bridgehead atoms. The lowest BCUT2D eigenvalue weighted by molar-refractivity contribution is 0.236. The van der Waals surface area contributed by atoms with E-state index in [0.29, 0.717) is 6.61 Å². The molecule has 0 aliphatic carbocycles. The largest absolute Gasteiger partial charge is 0.494 e. The van der Waals surface area contributed by atoms with Gasteiger partial charge < -0.3 is 14.5 Å². The Morgan fingerprint density at radius 2 is 1.82 bits per heavy atom. The van der Waals surface area contributed by atoms with Crippen molar-refractivity contribution in [2.75, 3.05) is 50.8 Å². The first kappa shape index (κ1) is 19.2. The van der Waals surface area contributed by atoms with Crippen molar-refractivity contribution in [1.82, 2.24) is 19.8 Å². The molecule has 2 aliphatic rings. The van der Waals surface area contributed by atoms with Gasteiger partial charge in [-0.25, -0.2) is 9.97 Å². The van der Waals surface area contributed by atoms with E-state index in [9.17, 15) is 0 Å². The van der Waals surface area contributed by atoms with Gasteiger partial charge in [0.2, 0.25) is 5.95 Å². The summed E-state index contributed by atoms with van der Waals surface area (Å²) in [5.74, 6) is 1.90. The smallest absolute Gasteiger partial charge is 0.225 e. The molecule has 4 rings (SSSR count). The number of para-hydroxylation sites is 1. The fraction of sp³-hybridized carbons (Fsp3) is 0.545. The SMILES string of the molecule is CCOc1ccccc1CN1CCc2nc(N3CCN(CC)CC3)ncc2C1. The van der Waals surface area contributed by atoms with Gasteiger partial charge in [-0.3, -0.25) is 4.90 Å². The van der Waals surface area contributed by atoms with Gasteiger partial charge in [-0.15, -0.1) is 0 Å². The van der Waals surface area contributed by atoms with E-state index < -0.39 is 0 Å². The third-order valence-electron chi connectivity index (χ3n) is 5.77. The number of hydrogen-bond donors (Lipinski definition) is 0. The lowest BCUT2D eigenvalue weighted by atomic mass is 10.1. The number of likely N-dealkylation sites (N-methyl/N-ethyl adjacent to an activating group) is 1. The Morgan fingerprint density at radius 1 is 1.00 bits per heavy atom. The monoisotopic (exact) mass is 381 g/mol. The molecule has 1 aromatic carbocycles. The number of fused-ring (bicyclic) bond motifs is 1. The quantitative estimate of drug-likeness (QED) is 0.766. The van der Waals surface area contributed by atoms with Gasteiger partial charge in [0.05, 0.1) is 12.3 Å². The molecule has 0 spiro atoms. The molecule has 1 saturated heterocycles. The van der Waals surface area contributed by atoms with E-state index in [1.807, 2.05) is 19.2 Å². The molecule has 0 radical (unpaired) electrons. The van der Waals surface area contributed by atoms with Crippen LogP contribution in [0.3, 0.4) is 0 Å². The first-order valence-electron chi connectivity index (χ1n) is 10.5. The number of benzene rings is 1. The van der Waals surface area contributed by atoms with Crippen LogP contribution >= 0.6 is 0 Å². The summed E-state index contributed by atoms with van der Waals surface area (Å²) in [7, 11) is 0. The van der Waals surface area contributed by atoms with Crippen LogP contribution in [0.25, 0.3) is 0 Å². The molecule has 6 nitrogen and oxygen atoms in total. The van der Waals surface area contributed by atoms with Crippen molar-refractivity contribution < 1.29 is 4.74 Å². The van der Waals surface area contributed by atoms with Gasteiger partial charge in [-0.2, -0.15) is 0 Å². The Bertz CT molecular complexity index is 788. The van der Waals surface area contributed by atoms with Crippen LogP contribution in [0.15, 0.2) is 30.5 Å². The maximum atomic E-state index is 5.79. The summed E-state index contributed by atoms with van der Waals surface area (Å²) < 4.78 is 5.79. The average molecular weight is 382 g/mol. The second kappa shape index (κ2) is 8.88. The summed E-state index contributed by atoms with van der Waals surface area (Å²) in [5.41, 5.74) is 3.73. The van der Waals surface area contributed by atoms with Crippen LogP contribution in [0.2, 0.25) is 0 Å². The topological polar surface area (TPSA) is 44.7 Å². The van der Waals surface area contributed by atoms with E-state index in [1.54, 1.807) is 0 Å². The van der Waals surface area contributed by atoms with Crippen molar-refractivity contribution in [1.29, 1.82) is 0 Å². The van der Waals surface area contributed by atoms with Crippen molar-refractivity contribution >= 4 is 5.95 Å². The fourth-order valence-corrected chi connectivity index (χ4v) is 4.09. The number of piperazine rings is 1. The summed E-state index contributed by atoms with van der Waals surface area (Å²) >= 11 is 0. The molecule has 28 heavy (non-hydrogen) atoms. The Hall–Kier alpha value is -2.18. The molecular formula is C22H31N5O. The fourth-order valence-electron chi connectivity index (χ4n) is 4.09. The van der Waals surface area contributed by atoms with Gasteiger partial charge in [-0.05, 0) is 19.5 Å². The maximum Gasteiger partial charge on any atom is 0.225 e. The average Bonchev–Trinajstić information content (AvgIpc) is 2.75. The summed E-state index contributed by atoms with van der Waals surface area (Å²) in [6.07, 6.45) is 3.03. The highest BCUT2D eigenvalue weighted by Crippen LogP contribution is 2.24. The molecule has 0 atom stereocenters. The molecule has 150 valence electrons. The first-order chi connectivity index (χ1) is 13.8.